The van der Waals surface area contributed by atoms with E-state index in [4.69, 9.17) is 4.74 Å². The smallest absolute Gasteiger partial charge is 0.407 e. The lowest BCUT2D eigenvalue weighted by Crippen LogP contribution is -2.51. The molecule has 0 saturated carbocycles. The van der Waals surface area contributed by atoms with Crippen LogP contribution < -0.4 is 10.6 Å². The first-order chi connectivity index (χ1) is 16.8. The number of benzene rings is 2. The molecule has 3 N–H and O–H groups in total. The van der Waals surface area contributed by atoms with Gasteiger partial charge in [-0.25, -0.2) is 13.6 Å². The number of hydrogen-bond acceptors (Lipinski definition) is 4. The number of allylic oxidation sites excluding steroid dienone is 1. The van der Waals surface area contributed by atoms with Gasteiger partial charge >= 0.3 is 12.1 Å². The van der Waals surface area contributed by atoms with Crippen molar-refractivity contribution in [2.24, 2.45) is 5.92 Å². The number of amides is 2. The van der Waals surface area contributed by atoms with Crippen LogP contribution in [0, 0.1) is 5.92 Å². The van der Waals surface area contributed by atoms with E-state index in [9.17, 15) is 28.3 Å². The van der Waals surface area contributed by atoms with Crippen LogP contribution >= 0.6 is 0 Å². The number of nitrogens with one attached hydrogen (secondary N) is 2. The molecule has 2 amide bonds. The number of carbonyl (C=O) groups is 3. The lowest BCUT2D eigenvalue weighted by molar-refractivity contribution is -0.142. The Balaban J connectivity index is 1.38. The Hall–Kier alpha value is -3.75. The van der Waals surface area contributed by atoms with Crippen molar-refractivity contribution in [1.82, 2.24) is 10.6 Å². The molecule has 0 spiro atoms. The zero-order valence-electron chi connectivity index (χ0n) is 18.8. The maximum Gasteiger partial charge on any atom is 0.407 e. The normalized spacial score (nSPS) is 19.5. The molecule has 7 nitrogen and oxygen atoms in total. The standard InChI is InChI=1S/C26H26F2N2O5/c27-23(28)13-22(24(31)29-16-7-5-6-15(12-16)25(32)33)30-26(34)35-14-21-19-10-3-1-8-17(19)18-9-2-4-11-20(18)21/h1-5,7-11,15-16,21-23H,6,12-14H2,(H,29,31)(H,30,34)(H,32,33)/t15-,16-,22?/m1/s1. The van der Waals surface area contributed by atoms with Crippen LogP contribution in [-0.4, -0.2) is 48.2 Å². The zero-order valence-corrected chi connectivity index (χ0v) is 18.8. The van der Waals surface area contributed by atoms with Gasteiger partial charge in [-0.2, -0.15) is 0 Å². The summed E-state index contributed by atoms with van der Waals surface area (Å²) in [5.74, 6) is -2.70. The molecular formula is C26H26F2N2O5. The highest BCUT2D eigenvalue weighted by Crippen LogP contribution is 2.44. The van der Waals surface area contributed by atoms with Crippen LogP contribution in [0.15, 0.2) is 60.7 Å². The van der Waals surface area contributed by atoms with E-state index < -0.39 is 48.8 Å². The molecule has 184 valence electrons. The second-order valence-electron chi connectivity index (χ2n) is 8.70. The largest absolute Gasteiger partial charge is 0.481 e. The SMILES string of the molecule is O=C(NC(CC(F)F)C(=O)N[C@@H]1C=CC[C@@H](C(=O)O)C1)OCC1c2ccccc2-c2ccccc21. The number of carboxylic acids is 1. The molecule has 1 unspecified atom stereocenters. The summed E-state index contributed by atoms with van der Waals surface area (Å²) >= 11 is 0. The highest BCUT2D eigenvalue weighted by molar-refractivity contribution is 5.86. The van der Waals surface area contributed by atoms with Crippen molar-refractivity contribution in [3.63, 3.8) is 0 Å². The average Bonchev–Trinajstić information content (AvgIpc) is 3.16. The summed E-state index contributed by atoms with van der Waals surface area (Å²) in [5, 5.41) is 14.0. The number of aliphatic carboxylic acids is 1. The molecule has 9 heteroatoms. The number of fused-ring (bicyclic) bond motifs is 3. The summed E-state index contributed by atoms with van der Waals surface area (Å²) in [7, 11) is 0. The Labute approximate surface area is 201 Å². The number of halogens is 2. The van der Waals surface area contributed by atoms with E-state index in [0.29, 0.717) is 6.42 Å². The lowest BCUT2D eigenvalue weighted by Gasteiger charge is -2.25. The molecule has 4 rings (SSSR count). The summed E-state index contributed by atoms with van der Waals surface area (Å²) < 4.78 is 31.7. The molecule has 0 radical (unpaired) electrons. The highest BCUT2D eigenvalue weighted by Gasteiger charge is 2.32. The molecular weight excluding hydrogens is 458 g/mol. The van der Waals surface area contributed by atoms with E-state index in [0.717, 1.165) is 22.3 Å². The number of ether oxygens (including phenoxy) is 1. The lowest BCUT2D eigenvalue weighted by atomic mass is 9.91. The summed E-state index contributed by atoms with van der Waals surface area (Å²) in [5.41, 5.74) is 4.10. The fourth-order valence-corrected chi connectivity index (χ4v) is 4.67. The minimum absolute atomic E-state index is 0.0193. The quantitative estimate of drug-likeness (QED) is 0.490. The maximum absolute atomic E-state index is 13.1. The second-order valence-corrected chi connectivity index (χ2v) is 8.70. The highest BCUT2D eigenvalue weighted by atomic mass is 19.3. The minimum Gasteiger partial charge on any atom is -0.481 e. The Morgan fingerprint density at radius 2 is 1.66 bits per heavy atom. The van der Waals surface area contributed by atoms with Crippen molar-refractivity contribution in [3.05, 3.63) is 71.8 Å². The number of alkyl halides is 2. The minimum atomic E-state index is -2.84. The molecule has 2 aliphatic rings. The van der Waals surface area contributed by atoms with Gasteiger partial charge in [0, 0.05) is 18.4 Å². The van der Waals surface area contributed by atoms with Gasteiger partial charge in [0.25, 0.3) is 0 Å². The molecule has 0 heterocycles. The van der Waals surface area contributed by atoms with E-state index in [-0.39, 0.29) is 18.9 Å². The van der Waals surface area contributed by atoms with Crippen LogP contribution in [0.1, 0.15) is 36.3 Å². The Morgan fingerprint density at radius 3 is 2.26 bits per heavy atom. The number of carbonyl (C=O) groups excluding carboxylic acids is 2. The first kappa shape index (κ1) is 24.4. The van der Waals surface area contributed by atoms with Gasteiger partial charge in [-0.05, 0) is 35.1 Å². The molecule has 2 aromatic carbocycles. The third kappa shape index (κ3) is 5.67. The molecule has 35 heavy (non-hydrogen) atoms. The van der Waals surface area contributed by atoms with Gasteiger partial charge in [0.1, 0.15) is 12.6 Å². The van der Waals surface area contributed by atoms with Crippen LogP contribution in [0.3, 0.4) is 0 Å². The molecule has 2 aliphatic carbocycles. The zero-order chi connectivity index (χ0) is 24.9. The molecule has 0 bridgehead atoms. The van der Waals surface area contributed by atoms with Crippen LogP contribution in [-0.2, 0) is 14.3 Å². The van der Waals surface area contributed by atoms with Gasteiger partial charge in [-0.3, -0.25) is 9.59 Å². The van der Waals surface area contributed by atoms with Crippen molar-refractivity contribution >= 4 is 18.0 Å². The van der Waals surface area contributed by atoms with Crippen LogP contribution in [0.25, 0.3) is 11.1 Å². The number of rotatable bonds is 8. The first-order valence-electron chi connectivity index (χ1n) is 11.4. The van der Waals surface area contributed by atoms with E-state index in [2.05, 4.69) is 10.6 Å². The van der Waals surface area contributed by atoms with E-state index >= 15 is 0 Å². The van der Waals surface area contributed by atoms with Gasteiger partial charge in [0.15, 0.2) is 0 Å². The van der Waals surface area contributed by atoms with Gasteiger partial charge in [-0.1, -0.05) is 60.7 Å². The van der Waals surface area contributed by atoms with Gasteiger partial charge in [0.05, 0.1) is 5.92 Å². The van der Waals surface area contributed by atoms with Gasteiger partial charge in [-0.15, -0.1) is 0 Å². The molecule has 0 fully saturated rings. The summed E-state index contributed by atoms with van der Waals surface area (Å²) in [4.78, 5) is 36.4. The molecule has 2 aromatic rings. The van der Waals surface area contributed by atoms with Crippen molar-refractivity contribution in [2.45, 2.75) is 43.7 Å². The van der Waals surface area contributed by atoms with Crippen molar-refractivity contribution in [2.75, 3.05) is 6.61 Å². The topological polar surface area (TPSA) is 105 Å². The third-order valence-corrected chi connectivity index (χ3v) is 6.37. The van der Waals surface area contributed by atoms with Gasteiger partial charge < -0.3 is 20.5 Å². The van der Waals surface area contributed by atoms with E-state index in [1.807, 2.05) is 48.5 Å². The number of alkyl carbamates (subject to hydrolysis) is 1. The Bertz CT molecular complexity index is 1090. The summed E-state index contributed by atoms with van der Waals surface area (Å²) in [6.07, 6.45) is -0.972. The van der Waals surface area contributed by atoms with E-state index in [1.54, 1.807) is 12.2 Å². The molecule has 0 aromatic heterocycles. The van der Waals surface area contributed by atoms with E-state index in [1.165, 1.54) is 0 Å². The maximum atomic E-state index is 13.1. The number of hydrogen-bond donors (Lipinski definition) is 3. The average molecular weight is 484 g/mol. The monoisotopic (exact) mass is 484 g/mol. The Kier molecular flexibility index (Phi) is 7.43. The summed E-state index contributed by atoms with van der Waals surface area (Å²) in [6, 6.07) is 13.4. The summed E-state index contributed by atoms with van der Waals surface area (Å²) in [6.45, 7) is -0.0193. The first-order valence-corrected chi connectivity index (χ1v) is 11.4. The Morgan fingerprint density at radius 1 is 1.03 bits per heavy atom. The van der Waals surface area contributed by atoms with Crippen molar-refractivity contribution in [1.29, 1.82) is 0 Å². The third-order valence-electron chi connectivity index (χ3n) is 6.37. The van der Waals surface area contributed by atoms with Crippen LogP contribution in [0.5, 0.6) is 0 Å². The fraction of sp³-hybridized carbons (Fsp3) is 0.346. The number of carboxylic acid groups (broad SMARTS) is 1. The molecule has 0 aliphatic heterocycles. The second kappa shape index (κ2) is 10.7. The predicted molar refractivity (Wildman–Crippen MR) is 124 cm³/mol. The van der Waals surface area contributed by atoms with Crippen molar-refractivity contribution in [3.8, 4) is 11.1 Å². The fourth-order valence-electron chi connectivity index (χ4n) is 4.67. The predicted octanol–water partition coefficient (Wildman–Crippen LogP) is 4.08. The van der Waals surface area contributed by atoms with Crippen LogP contribution in [0.2, 0.25) is 0 Å². The van der Waals surface area contributed by atoms with Crippen LogP contribution in [0.4, 0.5) is 13.6 Å². The molecule has 3 atom stereocenters. The van der Waals surface area contributed by atoms with Gasteiger partial charge in [0.2, 0.25) is 12.3 Å². The molecule has 0 saturated heterocycles. The van der Waals surface area contributed by atoms with Crippen molar-refractivity contribution < 1.29 is 33.0 Å².